The molecule has 1 aromatic carbocycles. The normalized spacial score (nSPS) is 13.0. The Morgan fingerprint density at radius 2 is 1.89 bits per heavy atom. The molecule has 0 atom stereocenters. The number of aliphatic hydroxyl groups is 1. The summed E-state index contributed by atoms with van der Waals surface area (Å²) in [5.41, 5.74) is -3.43. The molecular formula is C17H11F4N3O4. The third kappa shape index (κ3) is 3.38. The van der Waals surface area contributed by atoms with Crippen molar-refractivity contribution in [1.29, 1.82) is 0 Å². The van der Waals surface area contributed by atoms with Crippen molar-refractivity contribution in [1.82, 2.24) is 14.6 Å². The van der Waals surface area contributed by atoms with E-state index >= 15 is 0 Å². The van der Waals surface area contributed by atoms with Gasteiger partial charge < -0.3 is 10.2 Å². The lowest BCUT2D eigenvalue weighted by Gasteiger charge is -2.12. The first kappa shape index (κ1) is 19.3. The topological polar surface area (TPSA) is 105 Å². The van der Waals surface area contributed by atoms with Gasteiger partial charge in [0.05, 0.1) is 17.7 Å². The van der Waals surface area contributed by atoms with Gasteiger partial charge in [0.1, 0.15) is 23.1 Å². The van der Waals surface area contributed by atoms with E-state index in [1.807, 2.05) is 0 Å². The Morgan fingerprint density at radius 3 is 2.54 bits per heavy atom. The van der Waals surface area contributed by atoms with Crippen LogP contribution in [0.1, 0.15) is 18.4 Å². The highest BCUT2D eigenvalue weighted by molar-refractivity contribution is 5.69. The minimum atomic E-state index is -4.94. The molecule has 0 saturated heterocycles. The number of fused-ring (bicyclic) bond motifs is 1. The van der Waals surface area contributed by atoms with E-state index in [1.165, 1.54) is 0 Å². The number of alkyl halides is 3. The standard InChI is InChI=1S/C17H11F4N3O4/c18-15-8(2-1-3-9(15)17(19,20)21)10-6-12(26)14(11(25)4-5-13(27)28)16-22-7-23-24(10)16/h1-3,6-7,25H,4-5H2,(H,27,28)/b14-11-. The number of hydrogen-bond acceptors (Lipinski definition) is 5. The molecule has 0 aliphatic heterocycles. The molecular weight excluding hydrogens is 386 g/mol. The van der Waals surface area contributed by atoms with Crippen molar-refractivity contribution in [2.24, 2.45) is 0 Å². The monoisotopic (exact) mass is 397 g/mol. The van der Waals surface area contributed by atoms with Gasteiger partial charge in [0.2, 0.25) is 0 Å². The van der Waals surface area contributed by atoms with E-state index in [2.05, 4.69) is 10.1 Å². The number of aliphatic hydroxyl groups excluding tert-OH is 1. The van der Waals surface area contributed by atoms with Crippen molar-refractivity contribution in [3.63, 3.8) is 0 Å². The average Bonchev–Trinajstić information content (AvgIpc) is 3.07. The molecule has 0 amide bonds. The van der Waals surface area contributed by atoms with Crippen LogP contribution in [0.2, 0.25) is 0 Å². The second kappa shape index (κ2) is 6.91. The Bertz CT molecular complexity index is 1190. The van der Waals surface area contributed by atoms with Crippen LogP contribution in [-0.4, -0.2) is 30.8 Å². The molecule has 0 unspecified atom stereocenters. The van der Waals surface area contributed by atoms with Crippen LogP contribution < -0.4 is 10.6 Å². The van der Waals surface area contributed by atoms with Gasteiger partial charge in [-0.15, -0.1) is 0 Å². The smallest absolute Gasteiger partial charge is 0.419 e. The zero-order valence-corrected chi connectivity index (χ0v) is 13.9. The molecule has 0 radical (unpaired) electrons. The van der Waals surface area contributed by atoms with E-state index in [9.17, 15) is 32.3 Å². The predicted octanol–water partition coefficient (Wildman–Crippen LogP) is 2.16. The molecule has 146 valence electrons. The number of hydrogen-bond donors (Lipinski definition) is 2. The number of benzene rings is 1. The van der Waals surface area contributed by atoms with Gasteiger partial charge in [-0.1, -0.05) is 6.07 Å². The zero-order chi connectivity index (χ0) is 20.6. The molecule has 28 heavy (non-hydrogen) atoms. The number of carboxylic acids is 1. The summed E-state index contributed by atoms with van der Waals surface area (Å²) in [4.78, 5) is 26.9. The Morgan fingerprint density at radius 1 is 1.18 bits per heavy atom. The number of aliphatic carboxylic acids is 1. The molecule has 0 saturated carbocycles. The largest absolute Gasteiger partial charge is 0.511 e. The maximum Gasteiger partial charge on any atom is 0.419 e. The van der Waals surface area contributed by atoms with E-state index in [-0.39, 0.29) is 23.0 Å². The number of carboxylic acid groups (broad SMARTS) is 1. The van der Waals surface area contributed by atoms with Crippen molar-refractivity contribution in [3.8, 4) is 11.3 Å². The molecule has 2 N–H and O–H groups in total. The van der Waals surface area contributed by atoms with Crippen molar-refractivity contribution in [2.75, 3.05) is 0 Å². The minimum Gasteiger partial charge on any atom is -0.511 e. The molecule has 0 spiro atoms. The fourth-order valence-electron chi connectivity index (χ4n) is 2.72. The molecule has 0 bridgehead atoms. The molecule has 0 aliphatic carbocycles. The fourth-order valence-corrected chi connectivity index (χ4v) is 2.72. The van der Waals surface area contributed by atoms with Crippen LogP contribution in [-0.2, 0) is 11.0 Å². The van der Waals surface area contributed by atoms with E-state index in [0.717, 1.165) is 29.0 Å². The minimum absolute atomic E-state index is 0.234. The van der Waals surface area contributed by atoms with E-state index in [0.29, 0.717) is 6.07 Å². The first-order valence-electron chi connectivity index (χ1n) is 7.78. The predicted molar refractivity (Wildman–Crippen MR) is 87.8 cm³/mol. The van der Waals surface area contributed by atoms with Gasteiger partial charge >= 0.3 is 12.1 Å². The summed E-state index contributed by atoms with van der Waals surface area (Å²) in [6.07, 6.45) is -4.80. The number of rotatable bonds is 4. The highest BCUT2D eigenvalue weighted by Gasteiger charge is 2.35. The van der Waals surface area contributed by atoms with E-state index < -0.39 is 46.7 Å². The third-order valence-corrected chi connectivity index (χ3v) is 3.96. The van der Waals surface area contributed by atoms with Gasteiger partial charge in [-0.25, -0.2) is 13.9 Å². The molecule has 0 fully saturated rings. The van der Waals surface area contributed by atoms with Gasteiger partial charge in [-0.2, -0.15) is 18.3 Å². The first-order valence-corrected chi connectivity index (χ1v) is 7.78. The summed E-state index contributed by atoms with van der Waals surface area (Å²) in [6.45, 7) is 0. The average molecular weight is 397 g/mol. The molecule has 3 rings (SSSR count). The second-order valence-electron chi connectivity index (χ2n) is 5.77. The van der Waals surface area contributed by atoms with Crippen LogP contribution >= 0.6 is 0 Å². The van der Waals surface area contributed by atoms with Gasteiger partial charge in [-0.05, 0) is 12.1 Å². The Kier molecular flexibility index (Phi) is 4.75. The SMILES string of the molecule is O=C(O)CC/C(O)=c1\c(=O)cc(-c2cccc(C(F)(F)F)c2F)n2ncnc12. The lowest BCUT2D eigenvalue weighted by molar-refractivity contribution is -0.140. The van der Waals surface area contributed by atoms with Crippen LogP contribution in [0.15, 0.2) is 35.4 Å². The molecule has 2 heterocycles. The summed E-state index contributed by atoms with van der Waals surface area (Å²) < 4.78 is 54.3. The fraction of sp³-hybridized carbons (Fsp3) is 0.176. The summed E-state index contributed by atoms with van der Waals surface area (Å²) in [7, 11) is 0. The van der Waals surface area contributed by atoms with Crippen LogP contribution in [0.4, 0.5) is 17.6 Å². The molecule has 0 aliphatic rings. The lowest BCUT2D eigenvalue weighted by Crippen LogP contribution is -2.30. The summed E-state index contributed by atoms with van der Waals surface area (Å²) in [5, 5.41) is 22.2. The summed E-state index contributed by atoms with van der Waals surface area (Å²) >= 11 is 0. The van der Waals surface area contributed by atoms with Gasteiger partial charge in [-0.3, -0.25) is 9.59 Å². The molecule has 3 aromatic rings. The van der Waals surface area contributed by atoms with Gasteiger partial charge in [0.25, 0.3) is 0 Å². The van der Waals surface area contributed by atoms with Crippen LogP contribution in [0.25, 0.3) is 22.7 Å². The number of carbonyl (C=O) groups is 1. The van der Waals surface area contributed by atoms with E-state index in [1.54, 1.807) is 0 Å². The highest BCUT2D eigenvalue weighted by Crippen LogP contribution is 2.35. The van der Waals surface area contributed by atoms with Crippen LogP contribution in [0.3, 0.4) is 0 Å². The van der Waals surface area contributed by atoms with Gasteiger partial charge in [0.15, 0.2) is 11.1 Å². The zero-order valence-electron chi connectivity index (χ0n) is 13.9. The van der Waals surface area contributed by atoms with Crippen LogP contribution in [0.5, 0.6) is 0 Å². The second-order valence-corrected chi connectivity index (χ2v) is 5.77. The first-order chi connectivity index (χ1) is 13.1. The summed E-state index contributed by atoms with van der Waals surface area (Å²) in [6, 6.07) is 3.41. The molecule has 11 heteroatoms. The van der Waals surface area contributed by atoms with Crippen molar-refractivity contribution in [2.45, 2.75) is 19.0 Å². The van der Waals surface area contributed by atoms with Crippen LogP contribution in [0, 0.1) is 5.82 Å². The molecule has 7 nitrogen and oxygen atoms in total. The number of halogens is 4. The van der Waals surface area contributed by atoms with Crippen molar-refractivity contribution in [3.05, 3.63) is 57.4 Å². The Labute approximate surface area is 153 Å². The van der Waals surface area contributed by atoms with Gasteiger partial charge in [0, 0.05) is 18.1 Å². The highest BCUT2D eigenvalue weighted by atomic mass is 19.4. The van der Waals surface area contributed by atoms with Crippen molar-refractivity contribution < 1.29 is 32.6 Å². The number of pyridine rings is 1. The lowest BCUT2D eigenvalue weighted by atomic mass is 10.0. The number of nitrogens with zero attached hydrogens (tertiary/aromatic N) is 3. The van der Waals surface area contributed by atoms with Crippen molar-refractivity contribution >= 4 is 17.4 Å². The Balaban J connectivity index is 2.29. The molecule has 2 aromatic heterocycles. The van der Waals surface area contributed by atoms with E-state index in [4.69, 9.17) is 5.11 Å². The third-order valence-electron chi connectivity index (χ3n) is 3.96. The maximum absolute atomic E-state index is 14.5. The number of aromatic nitrogens is 3. The maximum atomic E-state index is 14.5. The summed E-state index contributed by atoms with van der Waals surface area (Å²) in [5.74, 6) is -3.36. The quantitative estimate of drug-likeness (QED) is 0.654. The Hall–Kier alpha value is -3.50.